The van der Waals surface area contributed by atoms with E-state index in [2.05, 4.69) is 23.2 Å². The van der Waals surface area contributed by atoms with Crippen molar-refractivity contribution in [2.24, 2.45) is 0 Å². The van der Waals surface area contributed by atoms with E-state index in [4.69, 9.17) is 11.6 Å². The maximum absolute atomic E-state index is 12.5. The molecule has 1 aromatic heterocycles. The molecule has 0 atom stereocenters. The molecule has 126 valence electrons. The van der Waals surface area contributed by atoms with Gasteiger partial charge in [-0.15, -0.1) is 0 Å². The van der Waals surface area contributed by atoms with Crippen LogP contribution < -0.4 is 0 Å². The Hall–Kier alpha value is -1.90. The summed E-state index contributed by atoms with van der Waals surface area (Å²) in [5.74, 6) is 0.0385. The summed E-state index contributed by atoms with van der Waals surface area (Å²) in [6.45, 7) is 1.38. The number of amides is 1. The number of fused-ring (bicyclic) bond motifs is 3. The van der Waals surface area contributed by atoms with E-state index in [9.17, 15) is 4.79 Å². The van der Waals surface area contributed by atoms with E-state index in [0.717, 1.165) is 29.7 Å². The van der Waals surface area contributed by atoms with Gasteiger partial charge < -0.3 is 9.88 Å². The largest absolute Gasteiger partial charge is 0.357 e. The van der Waals surface area contributed by atoms with Crippen LogP contribution in [0.1, 0.15) is 16.8 Å². The van der Waals surface area contributed by atoms with E-state index in [0.29, 0.717) is 11.6 Å². The van der Waals surface area contributed by atoms with Crippen LogP contribution in [0.25, 0.3) is 10.9 Å². The average molecular weight is 382 g/mol. The van der Waals surface area contributed by atoms with Crippen molar-refractivity contribution in [2.75, 3.05) is 6.54 Å². The summed E-state index contributed by atoms with van der Waals surface area (Å²) in [4.78, 5) is 17.8. The molecule has 1 aliphatic heterocycles. The van der Waals surface area contributed by atoms with Crippen LogP contribution in [-0.4, -0.2) is 22.3 Å². The van der Waals surface area contributed by atoms with Crippen LogP contribution in [0.5, 0.6) is 0 Å². The molecule has 4 rings (SSSR count). The van der Waals surface area contributed by atoms with E-state index in [1.54, 1.807) is 18.6 Å². The fourth-order valence-corrected chi connectivity index (χ4v) is 3.30. The van der Waals surface area contributed by atoms with Crippen LogP contribution in [0.3, 0.4) is 0 Å². The molecule has 3 nitrogen and oxygen atoms in total. The van der Waals surface area contributed by atoms with Gasteiger partial charge >= 0.3 is 0 Å². The second kappa shape index (κ2) is 6.92. The van der Waals surface area contributed by atoms with Crippen LogP contribution in [0.4, 0.5) is 0 Å². The number of rotatable bonds is 2. The molecule has 0 bridgehead atoms. The van der Waals surface area contributed by atoms with Crippen molar-refractivity contribution < 1.29 is 21.3 Å². The molecule has 24 heavy (non-hydrogen) atoms. The molecular formula is C19H16ClN2NiO-. The molecule has 1 N–H and O–H groups in total. The molecule has 0 fully saturated rings. The molecule has 1 amide bonds. The van der Waals surface area contributed by atoms with Crippen LogP contribution in [0.15, 0.2) is 48.5 Å². The Morgan fingerprint density at radius 1 is 1.12 bits per heavy atom. The Morgan fingerprint density at radius 3 is 2.67 bits per heavy atom. The number of carbonyl (C=O) groups excluding carboxylic acids is 1. The van der Waals surface area contributed by atoms with Crippen LogP contribution in [0.2, 0.25) is 5.02 Å². The van der Waals surface area contributed by atoms with E-state index in [1.165, 1.54) is 10.9 Å². The van der Waals surface area contributed by atoms with Gasteiger partial charge in [0.05, 0.1) is 6.54 Å². The fraction of sp³-hybridized carbons (Fsp3) is 0.158. The van der Waals surface area contributed by atoms with Crippen molar-refractivity contribution in [3.05, 3.63) is 76.8 Å². The molecular weight excluding hydrogens is 366 g/mol. The van der Waals surface area contributed by atoms with Gasteiger partial charge in [0.15, 0.2) is 5.91 Å². The fourth-order valence-electron chi connectivity index (χ4n) is 3.17. The quantitative estimate of drug-likeness (QED) is 0.529. The van der Waals surface area contributed by atoms with Gasteiger partial charge in [0, 0.05) is 44.7 Å². The van der Waals surface area contributed by atoms with Crippen molar-refractivity contribution in [3.8, 4) is 0 Å². The normalized spacial score (nSPS) is 13.3. The number of nitrogens with one attached hydrogen (secondary N) is 1. The topological polar surface area (TPSA) is 36.1 Å². The summed E-state index contributed by atoms with van der Waals surface area (Å²) in [6.07, 6.45) is 2.56. The van der Waals surface area contributed by atoms with Gasteiger partial charge in [0.2, 0.25) is 0 Å². The minimum atomic E-state index is 0. The first-order valence-corrected chi connectivity index (χ1v) is 8.06. The maximum Gasteiger partial charge on any atom is 0.191 e. The number of hydrogen-bond donors (Lipinski definition) is 1. The molecule has 0 unspecified atom stereocenters. The zero-order valence-corrected chi connectivity index (χ0v) is 14.6. The van der Waals surface area contributed by atoms with Crippen LogP contribution >= 0.6 is 11.6 Å². The maximum atomic E-state index is 12.5. The first-order chi connectivity index (χ1) is 11.2. The third-order valence-corrected chi connectivity index (χ3v) is 4.61. The average Bonchev–Trinajstić information content (AvgIpc) is 2.94. The van der Waals surface area contributed by atoms with Gasteiger partial charge in [-0.2, -0.15) is 17.7 Å². The number of aromatic amines is 1. The van der Waals surface area contributed by atoms with Crippen molar-refractivity contribution in [2.45, 2.75) is 13.0 Å². The number of benzene rings is 2. The number of hydrogen-bond acceptors (Lipinski definition) is 1. The van der Waals surface area contributed by atoms with E-state index >= 15 is 0 Å². The van der Waals surface area contributed by atoms with Crippen molar-refractivity contribution in [3.63, 3.8) is 0 Å². The molecule has 0 spiro atoms. The number of nitrogens with zero attached hydrogens (tertiary/aromatic N) is 1. The second-order valence-electron chi connectivity index (χ2n) is 5.83. The smallest absolute Gasteiger partial charge is 0.191 e. The van der Waals surface area contributed by atoms with Gasteiger partial charge in [-0.1, -0.05) is 48.4 Å². The Morgan fingerprint density at radius 2 is 1.88 bits per heavy atom. The number of aromatic nitrogens is 1. The Bertz CT molecular complexity index is 873. The van der Waals surface area contributed by atoms with E-state index in [1.807, 2.05) is 23.1 Å². The van der Waals surface area contributed by atoms with Crippen molar-refractivity contribution >= 4 is 28.4 Å². The molecule has 0 radical (unpaired) electrons. The zero-order valence-electron chi connectivity index (χ0n) is 12.9. The predicted molar refractivity (Wildman–Crippen MR) is 92.3 cm³/mol. The summed E-state index contributed by atoms with van der Waals surface area (Å²) in [6, 6.07) is 15.6. The molecule has 5 heteroatoms. The Balaban J connectivity index is 0.00000169. The Labute approximate surface area is 155 Å². The van der Waals surface area contributed by atoms with Gasteiger partial charge in [0.1, 0.15) is 0 Å². The monoisotopic (exact) mass is 381 g/mol. The first-order valence-electron chi connectivity index (χ1n) is 7.68. The summed E-state index contributed by atoms with van der Waals surface area (Å²) >= 11 is 5.88. The Kier molecular flexibility index (Phi) is 4.89. The standard InChI is InChI=1S/C19H16ClN2O.Ni/c20-14-7-5-13(6-8-14)11-19(23)22-10-9-16-15-3-1-2-4-17(15)21-18(16)12-22;/h1-8,11,21H,9-10,12H2;/q-1;. The molecule has 0 saturated carbocycles. The third-order valence-electron chi connectivity index (χ3n) is 4.35. The number of halogens is 1. The molecule has 2 heterocycles. The predicted octanol–water partition coefficient (Wildman–Crippen LogP) is 3.96. The van der Waals surface area contributed by atoms with Gasteiger partial charge in [-0.05, 0) is 18.1 Å². The van der Waals surface area contributed by atoms with Gasteiger partial charge in [0.25, 0.3) is 0 Å². The second-order valence-corrected chi connectivity index (χ2v) is 6.27. The molecule has 0 saturated heterocycles. The summed E-state index contributed by atoms with van der Waals surface area (Å²) < 4.78 is 0. The molecule has 3 aromatic rings. The van der Waals surface area contributed by atoms with Crippen LogP contribution in [-0.2, 0) is 34.3 Å². The van der Waals surface area contributed by atoms with E-state index in [-0.39, 0.29) is 22.4 Å². The minimum Gasteiger partial charge on any atom is -0.357 e. The van der Waals surface area contributed by atoms with Crippen LogP contribution in [0, 0.1) is 6.42 Å². The third kappa shape index (κ3) is 3.17. The number of carbonyl (C=O) groups is 1. The first kappa shape index (κ1) is 16.9. The number of H-pyrrole nitrogens is 1. The minimum absolute atomic E-state index is 0. The summed E-state index contributed by atoms with van der Waals surface area (Å²) in [5.41, 5.74) is 4.52. The molecule has 0 aliphatic carbocycles. The zero-order chi connectivity index (χ0) is 15.8. The van der Waals surface area contributed by atoms with E-state index < -0.39 is 0 Å². The molecule has 1 aliphatic rings. The summed E-state index contributed by atoms with van der Waals surface area (Å²) in [7, 11) is 0. The van der Waals surface area contributed by atoms with Gasteiger partial charge in [-0.25, -0.2) is 0 Å². The van der Waals surface area contributed by atoms with Gasteiger partial charge in [-0.3, -0.25) is 4.79 Å². The van der Waals surface area contributed by atoms with Crippen molar-refractivity contribution in [1.82, 2.24) is 9.88 Å². The SMILES string of the molecule is O=C([CH-]c1ccc(Cl)cc1)N1CCc2c([nH]c3ccccc23)C1.[Ni]. The molecule has 2 aromatic carbocycles. The van der Waals surface area contributed by atoms with Crippen molar-refractivity contribution in [1.29, 1.82) is 0 Å². The summed E-state index contributed by atoms with van der Waals surface area (Å²) in [5, 5.41) is 1.95. The number of para-hydroxylation sites is 1.